The van der Waals surface area contributed by atoms with Gasteiger partial charge in [0.05, 0.1) is 58.5 Å². The SMILES string of the molecule is CCCCCCCCCCCC/C=C/CCCCCOC(=O)c1cccc(S(=O)(=O)[O-])c1C(=O)OCCCCC/C=C/CCCCCCCCCCCC.CCCCCCCCCCCC/C=C/CCCCCOC(=O)c1cccc(S(=O)(=O)[O-])c1C(=O)OCCCCC/C=C/CCCCCCCCCCCC.[Ca+2]. The molecule has 0 atom stereocenters. The van der Waals surface area contributed by atoms with Crippen LogP contribution in [0, 0.1) is 0 Å². The predicted octanol–water partition coefficient (Wildman–Crippen LogP) is 27.1. The van der Waals surface area contributed by atoms with E-state index in [4.69, 9.17) is 18.9 Å². The molecule has 14 nitrogen and oxygen atoms in total. The van der Waals surface area contributed by atoms with Crippen molar-refractivity contribution in [2.24, 2.45) is 0 Å². The number of allylic oxidation sites excluding steroid dienone is 8. The van der Waals surface area contributed by atoms with Crippen molar-refractivity contribution in [2.45, 2.75) is 423 Å². The van der Waals surface area contributed by atoms with Gasteiger partial charge in [-0.3, -0.25) is 0 Å². The number of hydrogen-bond donors (Lipinski definition) is 0. The minimum atomic E-state index is -5.02. The van der Waals surface area contributed by atoms with Gasteiger partial charge in [0.1, 0.15) is 20.2 Å². The van der Waals surface area contributed by atoms with E-state index >= 15 is 0 Å². The molecule has 2 rings (SSSR count). The first-order valence-electron chi connectivity index (χ1n) is 44.1. The second-order valence-corrected chi connectivity index (χ2v) is 32.7. The first-order valence-corrected chi connectivity index (χ1v) is 46.9. The normalized spacial score (nSPS) is 11.8. The summed E-state index contributed by atoms with van der Waals surface area (Å²) in [5.41, 5.74) is -1.61. The maximum Gasteiger partial charge on any atom is 2.00 e. The molecule has 0 aliphatic heterocycles. The Balaban J connectivity index is 0.00000212. The topological polar surface area (TPSA) is 220 Å². The predicted molar refractivity (Wildman–Crippen MR) is 452 cm³/mol. The molecule has 0 radical (unpaired) electrons. The first-order chi connectivity index (χ1) is 52.6. The zero-order valence-corrected chi connectivity index (χ0v) is 73.4. The van der Waals surface area contributed by atoms with Gasteiger partial charge in [-0.2, -0.15) is 0 Å². The van der Waals surface area contributed by atoms with Crippen molar-refractivity contribution in [3.8, 4) is 0 Å². The average molecular weight is 1590 g/mol. The van der Waals surface area contributed by atoms with Crippen molar-refractivity contribution < 1.29 is 64.1 Å². The summed E-state index contributed by atoms with van der Waals surface area (Å²) >= 11 is 0. The van der Waals surface area contributed by atoms with E-state index < -0.39 is 65.0 Å². The molecule has 620 valence electrons. The largest absolute Gasteiger partial charge is 2.00 e. The van der Waals surface area contributed by atoms with Crippen LogP contribution >= 0.6 is 0 Å². The molecule has 0 aromatic heterocycles. The van der Waals surface area contributed by atoms with Crippen LogP contribution in [0.15, 0.2) is 94.8 Å². The van der Waals surface area contributed by atoms with Crippen LogP contribution in [-0.2, 0) is 39.2 Å². The number of unbranched alkanes of at least 4 members (excludes halogenated alkanes) is 52. The number of esters is 4. The molecule has 109 heavy (non-hydrogen) atoms. The second-order valence-electron chi connectivity index (χ2n) is 30.0. The van der Waals surface area contributed by atoms with E-state index in [0.717, 1.165) is 115 Å². The molecule has 0 saturated carbocycles. The van der Waals surface area contributed by atoms with Crippen LogP contribution in [0.1, 0.15) is 454 Å². The van der Waals surface area contributed by atoms with E-state index in [0.29, 0.717) is 25.7 Å². The van der Waals surface area contributed by atoms with Crippen molar-refractivity contribution >= 4 is 81.9 Å². The van der Waals surface area contributed by atoms with E-state index in [-0.39, 0.29) is 75.3 Å². The Bertz CT molecular complexity index is 2670. The quantitative estimate of drug-likeness (QED) is 0.0150. The smallest absolute Gasteiger partial charge is 0.744 e. The Labute approximate surface area is 696 Å². The van der Waals surface area contributed by atoms with Gasteiger partial charge >= 0.3 is 61.6 Å². The Morgan fingerprint density at radius 3 is 0.606 bits per heavy atom. The maximum absolute atomic E-state index is 13.0. The number of hydrogen-bond acceptors (Lipinski definition) is 14. The third-order valence-electron chi connectivity index (χ3n) is 20.0. The van der Waals surface area contributed by atoms with Crippen LogP contribution in [0.3, 0.4) is 0 Å². The minimum Gasteiger partial charge on any atom is -0.744 e. The van der Waals surface area contributed by atoms with Gasteiger partial charge in [-0.1, -0.05) is 320 Å². The molecule has 0 spiro atoms. The van der Waals surface area contributed by atoms with Crippen LogP contribution in [0.4, 0.5) is 0 Å². The van der Waals surface area contributed by atoms with Crippen molar-refractivity contribution in [1.82, 2.24) is 0 Å². The van der Waals surface area contributed by atoms with Crippen LogP contribution in [-0.4, -0.2) is 114 Å². The summed E-state index contributed by atoms with van der Waals surface area (Å²) < 4.78 is 93.4. The molecule has 0 N–H and O–H groups in total. The molecule has 0 aliphatic carbocycles. The Kier molecular flexibility index (Phi) is 74.4. The van der Waals surface area contributed by atoms with Gasteiger partial charge < -0.3 is 28.1 Å². The van der Waals surface area contributed by atoms with Crippen LogP contribution in [0.2, 0.25) is 0 Å². The summed E-state index contributed by atoms with van der Waals surface area (Å²) in [4.78, 5) is 50.3. The van der Waals surface area contributed by atoms with Crippen LogP contribution in [0.5, 0.6) is 0 Å². The Morgan fingerprint density at radius 1 is 0.257 bits per heavy atom. The number of carbonyl (C=O) groups is 4. The Morgan fingerprint density at radius 2 is 0.422 bits per heavy atom. The molecule has 0 bridgehead atoms. The molecule has 0 heterocycles. The van der Waals surface area contributed by atoms with E-state index in [2.05, 4.69) is 76.3 Å². The van der Waals surface area contributed by atoms with Gasteiger partial charge in [0.2, 0.25) is 0 Å². The molecule has 0 saturated heterocycles. The molecule has 0 aliphatic rings. The van der Waals surface area contributed by atoms with Crippen molar-refractivity contribution in [2.75, 3.05) is 26.4 Å². The summed E-state index contributed by atoms with van der Waals surface area (Å²) in [5.74, 6) is -3.68. The second kappa shape index (κ2) is 77.0. The van der Waals surface area contributed by atoms with Crippen molar-refractivity contribution in [3.05, 3.63) is 107 Å². The zero-order chi connectivity index (χ0) is 78.8. The summed E-state index contributed by atoms with van der Waals surface area (Å²) in [6, 6.07) is 7.20. The van der Waals surface area contributed by atoms with Crippen LogP contribution in [0.25, 0.3) is 0 Å². The standard InChI is InChI=1S/2C46H78O7S.Ca/c2*1-3-5-7-9-11-13-15-17-19-21-23-25-27-29-31-33-35-40-52-45(47)42-38-37-39-43(54(49,50)51)44(42)46(48)53-41-36-34-32-30-28-26-24-22-20-18-16-14-12-10-8-6-4-2;/h2*25-28,37-39H,3-24,29-36,40-41H2,1-2H3,(H,49,50,51);/q;;+2/p-2/b2*27-25+,28-26+;. The fraction of sp³-hybridized carbons (Fsp3) is 0.739. The van der Waals surface area contributed by atoms with Crippen LogP contribution < -0.4 is 0 Å². The molecular weight excluding hydrogens is 1430 g/mol. The number of carbonyl (C=O) groups excluding carboxylic acids is 4. The van der Waals surface area contributed by atoms with Gasteiger partial charge in [-0.15, -0.1) is 0 Å². The number of benzene rings is 2. The van der Waals surface area contributed by atoms with Gasteiger partial charge in [0, 0.05) is 0 Å². The monoisotopic (exact) mass is 1590 g/mol. The molecule has 2 aromatic rings. The van der Waals surface area contributed by atoms with Gasteiger partial charge in [0.15, 0.2) is 0 Å². The van der Waals surface area contributed by atoms with Crippen molar-refractivity contribution in [1.29, 1.82) is 0 Å². The number of ether oxygens (including phenoxy) is 4. The van der Waals surface area contributed by atoms with Gasteiger partial charge in [0.25, 0.3) is 0 Å². The first kappa shape index (κ1) is 105. The number of rotatable bonds is 74. The molecule has 0 fully saturated rings. The maximum atomic E-state index is 13.0. The van der Waals surface area contributed by atoms with E-state index in [1.165, 1.54) is 281 Å². The summed E-state index contributed by atoms with van der Waals surface area (Å²) in [6.45, 7) is 9.43. The van der Waals surface area contributed by atoms with E-state index in [9.17, 15) is 45.1 Å². The summed E-state index contributed by atoms with van der Waals surface area (Å²) in [6.07, 6.45) is 89.6. The van der Waals surface area contributed by atoms with E-state index in [1.807, 2.05) is 0 Å². The minimum absolute atomic E-state index is 0. The fourth-order valence-corrected chi connectivity index (χ4v) is 14.7. The summed E-state index contributed by atoms with van der Waals surface area (Å²) in [7, 11) is -10.0. The third kappa shape index (κ3) is 62.4. The third-order valence-corrected chi connectivity index (χ3v) is 21.8. The average Bonchev–Trinajstić information content (AvgIpc) is 0.798. The molecule has 0 amide bonds. The Hall–Kier alpha value is -3.64. The van der Waals surface area contributed by atoms with Gasteiger partial charge in [-0.25, -0.2) is 36.0 Å². The fourth-order valence-electron chi connectivity index (χ4n) is 13.3. The summed E-state index contributed by atoms with van der Waals surface area (Å²) in [5, 5.41) is 0. The van der Waals surface area contributed by atoms with Crippen molar-refractivity contribution in [3.63, 3.8) is 0 Å². The molecular formula is C92H154CaO14S2. The molecule has 2 aromatic carbocycles. The molecule has 0 unspecified atom stereocenters. The van der Waals surface area contributed by atoms with E-state index in [1.54, 1.807) is 0 Å². The molecule has 17 heteroatoms. The zero-order valence-electron chi connectivity index (χ0n) is 69.6. The van der Waals surface area contributed by atoms with Gasteiger partial charge in [-0.05, 0) is 178 Å².